The van der Waals surface area contributed by atoms with Gasteiger partial charge in [-0.05, 0) is 60.5 Å². The van der Waals surface area contributed by atoms with E-state index in [0.29, 0.717) is 16.8 Å². The van der Waals surface area contributed by atoms with Crippen LogP contribution in [0.2, 0.25) is 0 Å². The maximum Gasteiger partial charge on any atom is 0.209 e. The van der Waals surface area contributed by atoms with Crippen molar-refractivity contribution in [3.05, 3.63) is 71.9 Å². The van der Waals surface area contributed by atoms with E-state index in [0.717, 1.165) is 64.7 Å². The van der Waals surface area contributed by atoms with E-state index < -0.39 is 15.8 Å². The third-order valence-corrected chi connectivity index (χ3v) is 7.08. The van der Waals surface area contributed by atoms with Crippen molar-refractivity contribution in [3.8, 4) is 22.6 Å². The molecule has 0 aliphatic carbocycles. The van der Waals surface area contributed by atoms with Crippen LogP contribution >= 0.6 is 0 Å². The van der Waals surface area contributed by atoms with Crippen LogP contribution in [0.3, 0.4) is 0 Å². The Morgan fingerprint density at radius 2 is 1.92 bits per heavy atom. The number of nitrogens with zero attached hydrogens (tertiary/aromatic N) is 3. The first-order valence-corrected chi connectivity index (χ1v) is 13.7. The number of hydrogen-bond acceptors (Lipinski definition) is 6. The van der Waals surface area contributed by atoms with Crippen LogP contribution in [0.15, 0.2) is 54.9 Å². The molecular weight excluding hydrogens is 493 g/mol. The molecule has 6 rings (SSSR count). The Bertz CT molecular complexity index is 1790. The van der Waals surface area contributed by atoms with Gasteiger partial charge in [-0.25, -0.2) is 17.5 Å². The predicted octanol–water partition coefficient (Wildman–Crippen LogP) is 3.73. The number of hydrogen-bond donors (Lipinski definition) is 4. The number of aromatic nitrogens is 5. The SMILES string of the molecule is CS(=O)(=O)NCc1cc(F)cc(-c2nccc3[nH]c(-c4n[nH]c5cnc(C6=CCNCC6)cc45)cc23)c1. The summed E-state index contributed by atoms with van der Waals surface area (Å²) in [5.41, 5.74) is 6.99. The van der Waals surface area contributed by atoms with E-state index >= 15 is 0 Å². The summed E-state index contributed by atoms with van der Waals surface area (Å²) < 4.78 is 39.9. The molecule has 1 aliphatic heterocycles. The van der Waals surface area contributed by atoms with Crippen LogP contribution in [0, 0.1) is 5.82 Å². The molecule has 0 amide bonds. The van der Waals surface area contributed by atoms with E-state index in [4.69, 9.17) is 0 Å². The van der Waals surface area contributed by atoms with Gasteiger partial charge in [-0.2, -0.15) is 5.10 Å². The van der Waals surface area contributed by atoms with Crippen molar-refractivity contribution in [2.75, 3.05) is 19.3 Å². The quantitative estimate of drug-likeness (QED) is 0.272. The largest absolute Gasteiger partial charge is 0.353 e. The second-order valence-electron chi connectivity index (χ2n) is 9.12. The van der Waals surface area contributed by atoms with Crippen molar-refractivity contribution in [1.29, 1.82) is 0 Å². The van der Waals surface area contributed by atoms with Gasteiger partial charge in [-0.15, -0.1) is 0 Å². The van der Waals surface area contributed by atoms with Crippen LogP contribution in [0.1, 0.15) is 17.7 Å². The molecule has 9 nitrogen and oxygen atoms in total. The van der Waals surface area contributed by atoms with Gasteiger partial charge in [-0.3, -0.25) is 15.1 Å². The lowest BCUT2D eigenvalue weighted by atomic mass is 10.0. The first-order chi connectivity index (χ1) is 17.8. The Labute approximate surface area is 212 Å². The lowest BCUT2D eigenvalue weighted by Crippen LogP contribution is -2.21. The van der Waals surface area contributed by atoms with E-state index in [1.54, 1.807) is 18.5 Å². The zero-order chi connectivity index (χ0) is 25.6. The Balaban J connectivity index is 1.42. The van der Waals surface area contributed by atoms with Gasteiger partial charge in [0.2, 0.25) is 10.0 Å². The average molecular weight is 518 g/mol. The molecule has 188 valence electrons. The van der Waals surface area contributed by atoms with Gasteiger partial charge in [0, 0.05) is 41.1 Å². The van der Waals surface area contributed by atoms with Crippen LogP contribution in [0.4, 0.5) is 4.39 Å². The summed E-state index contributed by atoms with van der Waals surface area (Å²) in [7, 11) is -3.41. The van der Waals surface area contributed by atoms with E-state index in [1.165, 1.54) is 17.7 Å². The molecule has 0 fully saturated rings. The highest BCUT2D eigenvalue weighted by molar-refractivity contribution is 7.88. The summed E-state index contributed by atoms with van der Waals surface area (Å²) in [5.74, 6) is -0.470. The molecule has 0 saturated carbocycles. The van der Waals surface area contributed by atoms with Crippen LogP contribution in [0.5, 0.6) is 0 Å². The fourth-order valence-electron chi connectivity index (χ4n) is 4.67. The summed E-state index contributed by atoms with van der Waals surface area (Å²) in [6.07, 6.45) is 7.61. The number of pyridine rings is 2. The molecule has 5 heterocycles. The molecule has 37 heavy (non-hydrogen) atoms. The van der Waals surface area contributed by atoms with Crippen molar-refractivity contribution in [1.82, 2.24) is 35.2 Å². The highest BCUT2D eigenvalue weighted by Gasteiger charge is 2.17. The minimum absolute atomic E-state index is 0.0138. The standard InChI is InChI=1S/C26H24FN7O2S/c1-37(35,36)31-13-15-8-17(10-18(27)9-15)25-19-12-23(32-21(19)4-7-29-25)26-20-11-22(16-2-5-28-6-3-16)30-14-24(20)33-34-26/h2,4,7-12,14,28,31-32H,3,5-6,13H2,1H3,(H,33,34). The second kappa shape index (κ2) is 9.18. The van der Waals surface area contributed by atoms with Crippen molar-refractivity contribution in [3.63, 3.8) is 0 Å². The lowest BCUT2D eigenvalue weighted by molar-refractivity contribution is 0.586. The molecule has 1 aliphatic rings. The molecule has 0 unspecified atom stereocenters. The normalized spacial score (nSPS) is 14.4. The molecular formula is C26H24FN7O2S. The van der Waals surface area contributed by atoms with Gasteiger partial charge in [-0.1, -0.05) is 6.08 Å². The summed E-state index contributed by atoms with van der Waals surface area (Å²) in [4.78, 5) is 12.6. The van der Waals surface area contributed by atoms with Crippen LogP contribution in [-0.2, 0) is 16.6 Å². The van der Waals surface area contributed by atoms with Crippen molar-refractivity contribution < 1.29 is 12.8 Å². The van der Waals surface area contributed by atoms with Crippen molar-refractivity contribution >= 4 is 37.4 Å². The molecule has 5 aromatic rings. The molecule has 1 aromatic carbocycles. The van der Waals surface area contributed by atoms with Gasteiger partial charge in [0.1, 0.15) is 11.5 Å². The highest BCUT2D eigenvalue weighted by atomic mass is 32.2. The zero-order valence-corrected chi connectivity index (χ0v) is 20.8. The molecule has 11 heteroatoms. The number of fused-ring (bicyclic) bond motifs is 2. The number of nitrogens with one attached hydrogen (secondary N) is 4. The number of sulfonamides is 1. The molecule has 0 atom stereocenters. The Morgan fingerprint density at radius 3 is 2.73 bits per heavy atom. The number of aromatic amines is 2. The molecule has 0 spiro atoms. The monoisotopic (exact) mass is 517 g/mol. The van der Waals surface area contributed by atoms with E-state index in [-0.39, 0.29) is 6.54 Å². The minimum atomic E-state index is -3.41. The van der Waals surface area contributed by atoms with Gasteiger partial charge >= 0.3 is 0 Å². The van der Waals surface area contributed by atoms with Crippen molar-refractivity contribution in [2.45, 2.75) is 13.0 Å². The van der Waals surface area contributed by atoms with Crippen LogP contribution in [-0.4, -0.2) is 52.9 Å². The third-order valence-electron chi connectivity index (χ3n) is 6.41. The minimum Gasteiger partial charge on any atom is -0.353 e. The first kappa shape index (κ1) is 23.5. The molecule has 0 saturated heterocycles. The van der Waals surface area contributed by atoms with Gasteiger partial charge in [0.15, 0.2) is 0 Å². The van der Waals surface area contributed by atoms with Crippen LogP contribution in [0.25, 0.3) is 50.0 Å². The average Bonchev–Trinajstić information content (AvgIpc) is 3.51. The molecule has 0 radical (unpaired) electrons. The molecule has 4 aromatic heterocycles. The van der Waals surface area contributed by atoms with E-state index in [1.807, 2.05) is 12.1 Å². The number of H-pyrrole nitrogens is 2. The third kappa shape index (κ3) is 4.76. The maximum absolute atomic E-state index is 14.5. The molecule has 4 N–H and O–H groups in total. The lowest BCUT2D eigenvalue weighted by Gasteiger charge is -2.13. The Morgan fingerprint density at radius 1 is 1.05 bits per heavy atom. The summed E-state index contributed by atoms with van der Waals surface area (Å²) >= 11 is 0. The fraction of sp³-hybridized carbons (Fsp3) is 0.192. The first-order valence-electron chi connectivity index (χ1n) is 11.8. The Kier molecular flexibility index (Phi) is 5.82. The summed E-state index contributed by atoms with van der Waals surface area (Å²) in [6.45, 7) is 1.74. The number of halogens is 1. The number of rotatable bonds is 6. The topological polar surface area (TPSA) is 128 Å². The summed E-state index contributed by atoms with van der Waals surface area (Å²) in [6, 6.07) is 10.3. The highest BCUT2D eigenvalue weighted by Crippen LogP contribution is 2.34. The second-order valence-corrected chi connectivity index (χ2v) is 10.9. The van der Waals surface area contributed by atoms with E-state index in [9.17, 15) is 12.8 Å². The van der Waals surface area contributed by atoms with Gasteiger partial charge in [0.05, 0.1) is 35.1 Å². The zero-order valence-electron chi connectivity index (χ0n) is 20.0. The fourth-order valence-corrected chi connectivity index (χ4v) is 5.10. The van der Waals surface area contributed by atoms with Crippen molar-refractivity contribution in [2.24, 2.45) is 0 Å². The number of benzene rings is 1. The van der Waals surface area contributed by atoms with E-state index in [2.05, 4.69) is 47.3 Å². The predicted molar refractivity (Wildman–Crippen MR) is 142 cm³/mol. The van der Waals surface area contributed by atoms with Crippen LogP contribution < -0.4 is 10.0 Å². The Hall–Kier alpha value is -3.93. The molecule has 0 bridgehead atoms. The van der Waals surface area contributed by atoms with Gasteiger partial charge < -0.3 is 10.3 Å². The maximum atomic E-state index is 14.5. The smallest absolute Gasteiger partial charge is 0.209 e. The summed E-state index contributed by atoms with van der Waals surface area (Å²) in [5, 5.41) is 12.7. The van der Waals surface area contributed by atoms with Gasteiger partial charge in [0.25, 0.3) is 0 Å².